The Morgan fingerprint density at radius 2 is 2.20 bits per heavy atom. The monoisotopic (exact) mass is 268 g/mol. The number of rotatable bonds is 1. The van der Waals surface area contributed by atoms with Gasteiger partial charge >= 0.3 is 0 Å². The molecule has 0 fully saturated rings. The van der Waals surface area contributed by atoms with Gasteiger partial charge in [0.25, 0.3) is 5.56 Å². The Bertz CT molecular complexity index is 557. The smallest absolute Gasteiger partial charge is 0.265 e. The Kier molecular flexibility index (Phi) is 2.44. The molecule has 0 aliphatic rings. The Morgan fingerprint density at radius 1 is 1.47 bits per heavy atom. The van der Waals surface area contributed by atoms with Crippen molar-refractivity contribution in [3.63, 3.8) is 0 Å². The third kappa shape index (κ3) is 1.72. The zero-order valence-corrected chi connectivity index (χ0v) is 9.87. The summed E-state index contributed by atoms with van der Waals surface area (Å²) in [5.41, 5.74) is 1.60. The summed E-state index contributed by atoms with van der Waals surface area (Å²) in [6, 6.07) is 0. The number of aryl methyl sites for hydroxylation is 1. The SMILES string of the molecule is Cc1c(-c2ncc(Br)c(=O)[nH]2)cnn1C. The van der Waals surface area contributed by atoms with E-state index in [1.54, 1.807) is 10.9 Å². The summed E-state index contributed by atoms with van der Waals surface area (Å²) < 4.78 is 2.16. The van der Waals surface area contributed by atoms with Gasteiger partial charge in [-0.3, -0.25) is 9.48 Å². The Labute approximate surface area is 94.3 Å². The number of nitrogens with one attached hydrogen (secondary N) is 1. The number of aromatic nitrogens is 4. The summed E-state index contributed by atoms with van der Waals surface area (Å²) in [5.74, 6) is 0.536. The van der Waals surface area contributed by atoms with Gasteiger partial charge in [0.2, 0.25) is 0 Å². The first kappa shape index (κ1) is 10.1. The second-order valence-corrected chi connectivity index (χ2v) is 4.03. The highest BCUT2D eigenvalue weighted by atomic mass is 79.9. The normalized spacial score (nSPS) is 10.6. The molecular formula is C9H9BrN4O. The minimum absolute atomic E-state index is 0.191. The van der Waals surface area contributed by atoms with Crippen LogP contribution in [0.2, 0.25) is 0 Å². The molecule has 0 spiro atoms. The fraction of sp³-hybridized carbons (Fsp3) is 0.222. The number of hydrogen-bond donors (Lipinski definition) is 1. The van der Waals surface area contributed by atoms with E-state index in [1.807, 2.05) is 14.0 Å². The van der Waals surface area contributed by atoms with Crippen LogP contribution in [0.5, 0.6) is 0 Å². The fourth-order valence-electron chi connectivity index (χ4n) is 1.25. The molecule has 78 valence electrons. The molecule has 2 aromatic rings. The molecule has 2 heterocycles. The van der Waals surface area contributed by atoms with Crippen molar-refractivity contribution in [2.24, 2.45) is 7.05 Å². The van der Waals surface area contributed by atoms with Crippen LogP contribution in [-0.4, -0.2) is 19.7 Å². The van der Waals surface area contributed by atoms with Gasteiger partial charge in [-0.15, -0.1) is 0 Å². The second-order valence-electron chi connectivity index (χ2n) is 3.18. The molecule has 0 aliphatic heterocycles. The lowest BCUT2D eigenvalue weighted by molar-refractivity contribution is 0.740. The number of nitrogens with zero attached hydrogens (tertiary/aromatic N) is 3. The molecule has 5 nitrogen and oxygen atoms in total. The largest absolute Gasteiger partial charge is 0.305 e. The summed E-state index contributed by atoms with van der Waals surface area (Å²) in [7, 11) is 1.84. The van der Waals surface area contributed by atoms with Gasteiger partial charge in [0.05, 0.1) is 11.8 Å². The van der Waals surface area contributed by atoms with Gasteiger partial charge in [-0.2, -0.15) is 5.10 Å². The van der Waals surface area contributed by atoms with Crippen molar-refractivity contribution in [2.45, 2.75) is 6.92 Å². The van der Waals surface area contributed by atoms with E-state index in [1.165, 1.54) is 6.20 Å². The first-order chi connectivity index (χ1) is 7.09. The van der Waals surface area contributed by atoms with Crippen molar-refractivity contribution in [3.05, 3.63) is 32.9 Å². The zero-order valence-electron chi connectivity index (χ0n) is 8.28. The molecule has 15 heavy (non-hydrogen) atoms. The van der Waals surface area contributed by atoms with Crippen molar-refractivity contribution < 1.29 is 0 Å². The number of aromatic amines is 1. The number of H-pyrrole nitrogens is 1. The molecule has 0 saturated carbocycles. The topological polar surface area (TPSA) is 63.6 Å². The van der Waals surface area contributed by atoms with Gasteiger partial charge in [0.15, 0.2) is 0 Å². The molecule has 0 atom stereocenters. The van der Waals surface area contributed by atoms with E-state index >= 15 is 0 Å². The molecule has 6 heteroatoms. The molecule has 0 saturated heterocycles. The summed E-state index contributed by atoms with van der Waals surface area (Å²) in [5, 5.41) is 4.09. The maximum Gasteiger partial charge on any atom is 0.265 e. The summed E-state index contributed by atoms with van der Waals surface area (Å²) in [6.07, 6.45) is 3.17. The average Bonchev–Trinajstić information content (AvgIpc) is 2.53. The van der Waals surface area contributed by atoms with Gasteiger partial charge in [-0.1, -0.05) is 0 Å². The minimum Gasteiger partial charge on any atom is -0.305 e. The van der Waals surface area contributed by atoms with E-state index in [0.29, 0.717) is 10.3 Å². The highest BCUT2D eigenvalue weighted by molar-refractivity contribution is 9.10. The maximum atomic E-state index is 11.4. The highest BCUT2D eigenvalue weighted by Gasteiger charge is 2.09. The van der Waals surface area contributed by atoms with Crippen LogP contribution in [0.1, 0.15) is 5.69 Å². The predicted octanol–water partition coefficient (Wildman–Crippen LogP) is 1.24. The van der Waals surface area contributed by atoms with Crippen LogP contribution in [-0.2, 0) is 7.05 Å². The van der Waals surface area contributed by atoms with Gasteiger partial charge in [-0.25, -0.2) is 4.98 Å². The van der Waals surface area contributed by atoms with Crippen molar-refractivity contribution >= 4 is 15.9 Å². The predicted molar refractivity (Wildman–Crippen MR) is 59.5 cm³/mol. The molecule has 0 aromatic carbocycles. The second kappa shape index (κ2) is 3.62. The maximum absolute atomic E-state index is 11.4. The third-order valence-corrected chi connectivity index (χ3v) is 2.81. The lowest BCUT2D eigenvalue weighted by Crippen LogP contribution is -2.09. The lowest BCUT2D eigenvalue weighted by Gasteiger charge is -1.99. The molecule has 2 rings (SSSR count). The summed E-state index contributed by atoms with van der Waals surface area (Å²) in [4.78, 5) is 18.2. The van der Waals surface area contributed by atoms with Crippen molar-refractivity contribution in [2.75, 3.05) is 0 Å². The standard InChI is InChI=1S/C9H9BrN4O/c1-5-6(3-12-14(5)2)8-11-4-7(10)9(15)13-8/h3-4H,1-2H3,(H,11,13,15). The highest BCUT2D eigenvalue weighted by Crippen LogP contribution is 2.17. The van der Waals surface area contributed by atoms with Gasteiger partial charge in [0.1, 0.15) is 10.3 Å². The van der Waals surface area contributed by atoms with Crippen molar-refractivity contribution in [1.82, 2.24) is 19.7 Å². The van der Waals surface area contributed by atoms with E-state index in [-0.39, 0.29) is 5.56 Å². The summed E-state index contributed by atoms with van der Waals surface area (Å²) >= 11 is 3.10. The van der Waals surface area contributed by atoms with Gasteiger partial charge in [-0.05, 0) is 22.9 Å². The average molecular weight is 269 g/mol. The van der Waals surface area contributed by atoms with Crippen molar-refractivity contribution in [1.29, 1.82) is 0 Å². The van der Waals surface area contributed by atoms with Crippen LogP contribution in [0.4, 0.5) is 0 Å². The van der Waals surface area contributed by atoms with Gasteiger partial charge < -0.3 is 4.98 Å². The molecule has 1 N–H and O–H groups in total. The molecule has 2 aromatic heterocycles. The van der Waals surface area contributed by atoms with E-state index in [9.17, 15) is 4.79 Å². The van der Waals surface area contributed by atoms with Crippen LogP contribution >= 0.6 is 15.9 Å². The summed E-state index contributed by atoms with van der Waals surface area (Å²) in [6.45, 7) is 1.92. The number of hydrogen-bond acceptors (Lipinski definition) is 3. The third-order valence-electron chi connectivity index (χ3n) is 2.25. The van der Waals surface area contributed by atoms with E-state index in [0.717, 1.165) is 11.3 Å². The first-order valence-corrected chi connectivity index (χ1v) is 5.12. The quantitative estimate of drug-likeness (QED) is 0.847. The lowest BCUT2D eigenvalue weighted by atomic mass is 10.2. The van der Waals surface area contributed by atoms with Gasteiger partial charge in [0, 0.05) is 18.9 Å². The molecule has 0 bridgehead atoms. The van der Waals surface area contributed by atoms with E-state index in [4.69, 9.17) is 0 Å². The van der Waals surface area contributed by atoms with Crippen molar-refractivity contribution in [3.8, 4) is 11.4 Å². The first-order valence-electron chi connectivity index (χ1n) is 4.33. The van der Waals surface area contributed by atoms with Crippen LogP contribution in [0, 0.1) is 6.92 Å². The molecular weight excluding hydrogens is 260 g/mol. The Morgan fingerprint density at radius 3 is 2.73 bits per heavy atom. The Hall–Kier alpha value is -1.43. The van der Waals surface area contributed by atoms with Crippen LogP contribution in [0.3, 0.4) is 0 Å². The van der Waals surface area contributed by atoms with Crippen LogP contribution in [0.15, 0.2) is 21.7 Å². The van der Waals surface area contributed by atoms with E-state index < -0.39 is 0 Å². The molecule has 0 unspecified atom stereocenters. The van der Waals surface area contributed by atoms with Crippen LogP contribution in [0.25, 0.3) is 11.4 Å². The number of halogens is 1. The van der Waals surface area contributed by atoms with E-state index in [2.05, 4.69) is 31.0 Å². The Balaban J connectivity index is 2.60. The molecule has 0 radical (unpaired) electrons. The molecule has 0 amide bonds. The minimum atomic E-state index is -0.191. The molecule has 0 aliphatic carbocycles. The van der Waals surface area contributed by atoms with Crippen LogP contribution < -0.4 is 5.56 Å². The fourth-order valence-corrected chi connectivity index (χ4v) is 1.45. The zero-order chi connectivity index (χ0) is 11.0.